The number of hydrogen-bond donors (Lipinski definition) is 2. The number of nitrogens with two attached hydrogens (primary N) is 1. The van der Waals surface area contributed by atoms with Gasteiger partial charge in [-0.25, -0.2) is 5.43 Å². The number of hydrogen-bond acceptors (Lipinski definition) is 3. The fraction of sp³-hybridized carbons (Fsp3) is 0.214. The molecule has 0 saturated heterocycles. The number of benzene rings is 1. The summed E-state index contributed by atoms with van der Waals surface area (Å²) in [6.07, 6.45) is 3.66. The molecule has 0 fully saturated rings. The maximum atomic E-state index is 5.70. The molecular weight excluding hydrogens is 210 g/mol. The average Bonchev–Trinajstić information content (AvgIpc) is 2.34. The van der Waals surface area contributed by atoms with Gasteiger partial charge in [0.25, 0.3) is 0 Å². The molecule has 17 heavy (non-hydrogen) atoms. The Bertz CT molecular complexity index is 463. The van der Waals surface area contributed by atoms with Crippen LogP contribution in [-0.2, 0) is 0 Å². The minimum Gasteiger partial charge on any atom is -0.271 e. The van der Waals surface area contributed by atoms with E-state index < -0.39 is 0 Å². The maximum Gasteiger partial charge on any atom is 0.0730 e. The zero-order valence-corrected chi connectivity index (χ0v) is 10.1. The Balaban J connectivity index is 2.48. The lowest BCUT2D eigenvalue weighted by Crippen LogP contribution is -2.30. The van der Waals surface area contributed by atoms with Gasteiger partial charge in [0.05, 0.1) is 6.04 Å². The van der Waals surface area contributed by atoms with E-state index in [1.807, 2.05) is 24.4 Å². The van der Waals surface area contributed by atoms with E-state index in [1.54, 1.807) is 6.20 Å². The van der Waals surface area contributed by atoms with Crippen LogP contribution in [0, 0.1) is 13.8 Å². The van der Waals surface area contributed by atoms with Crippen LogP contribution in [0.15, 0.2) is 42.7 Å². The Labute approximate surface area is 102 Å². The lowest BCUT2D eigenvalue weighted by molar-refractivity contribution is 0.628. The second kappa shape index (κ2) is 5.08. The second-order valence-corrected chi connectivity index (χ2v) is 4.19. The lowest BCUT2D eigenvalue weighted by Gasteiger charge is -2.20. The molecule has 1 aromatic carbocycles. The molecule has 0 spiro atoms. The van der Waals surface area contributed by atoms with E-state index in [0.717, 1.165) is 5.56 Å². The van der Waals surface area contributed by atoms with E-state index in [9.17, 15) is 0 Å². The normalized spacial score (nSPS) is 12.4. The number of aryl methyl sites for hydroxylation is 2. The predicted octanol–water partition coefficient (Wildman–Crippen LogP) is 2.25. The number of rotatable bonds is 3. The highest BCUT2D eigenvalue weighted by Crippen LogP contribution is 2.25. The molecule has 3 N–H and O–H groups in total. The molecule has 0 aliphatic heterocycles. The Morgan fingerprint density at radius 1 is 1.06 bits per heavy atom. The number of aromatic nitrogens is 1. The van der Waals surface area contributed by atoms with Crippen LogP contribution in [0.25, 0.3) is 0 Å². The fourth-order valence-electron chi connectivity index (χ4n) is 2.04. The summed E-state index contributed by atoms with van der Waals surface area (Å²) in [4.78, 5) is 4.17. The topological polar surface area (TPSA) is 50.9 Å². The van der Waals surface area contributed by atoms with E-state index in [0.29, 0.717) is 0 Å². The smallest absolute Gasteiger partial charge is 0.0730 e. The van der Waals surface area contributed by atoms with Crippen molar-refractivity contribution in [1.82, 2.24) is 10.4 Å². The molecule has 0 bridgehead atoms. The maximum absolute atomic E-state index is 5.70. The highest BCUT2D eigenvalue weighted by molar-refractivity contribution is 5.38. The molecule has 1 heterocycles. The number of pyridine rings is 1. The van der Waals surface area contributed by atoms with E-state index >= 15 is 0 Å². The summed E-state index contributed by atoms with van der Waals surface area (Å²) in [6, 6.07) is 10.2. The average molecular weight is 227 g/mol. The molecule has 3 heteroatoms. The lowest BCUT2D eigenvalue weighted by atomic mass is 9.94. The number of hydrazine groups is 1. The molecule has 2 aromatic rings. The first-order chi connectivity index (χ1) is 8.24. The minimum atomic E-state index is -0.00935. The summed E-state index contributed by atoms with van der Waals surface area (Å²) in [7, 11) is 0. The third-order valence-electron chi connectivity index (χ3n) is 3.06. The van der Waals surface area contributed by atoms with Crippen molar-refractivity contribution in [2.45, 2.75) is 19.9 Å². The highest BCUT2D eigenvalue weighted by Gasteiger charge is 2.16. The van der Waals surface area contributed by atoms with Crippen LogP contribution >= 0.6 is 0 Å². The fourth-order valence-corrected chi connectivity index (χ4v) is 2.04. The summed E-state index contributed by atoms with van der Waals surface area (Å²) in [6.45, 7) is 4.16. The van der Waals surface area contributed by atoms with E-state index in [1.165, 1.54) is 16.7 Å². The van der Waals surface area contributed by atoms with Crippen molar-refractivity contribution >= 4 is 0 Å². The molecule has 0 amide bonds. The van der Waals surface area contributed by atoms with Gasteiger partial charge in [-0.05, 0) is 42.2 Å². The Morgan fingerprint density at radius 3 is 2.41 bits per heavy atom. The Morgan fingerprint density at radius 2 is 1.76 bits per heavy atom. The first-order valence-electron chi connectivity index (χ1n) is 5.66. The van der Waals surface area contributed by atoms with Crippen LogP contribution in [0.2, 0.25) is 0 Å². The van der Waals surface area contributed by atoms with Crippen LogP contribution < -0.4 is 11.3 Å². The Hall–Kier alpha value is -1.71. The highest BCUT2D eigenvalue weighted by atomic mass is 15.2. The van der Waals surface area contributed by atoms with E-state index in [2.05, 4.69) is 36.4 Å². The molecule has 88 valence electrons. The molecule has 1 unspecified atom stereocenters. The van der Waals surface area contributed by atoms with Gasteiger partial charge in [-0.3, -0.25) is 10.8 Å². The monoisotopic (exact) mass is 227 g/mol. The van der Waals surface area contributed by atoms with E-state index in [4.69, 9.17) is 5.84 Å². The predicted molar refractivity (Wildman–Crippen MR) is 69.3 cm³/mol. The van der Waals surface area contributed by atoms with Gasteiger partial charge >= 0.3 is 0 Å². The largest absolute Gasteiger partial charge is 0.271 e. The van der Waals surface area contributed by atoms with Crippen molar-refractivity contribution in [2.75, 3.05) is 0 Å². The SMILES string of the molecule is Cc1ccccc1C(NN)c1cnccc1C. The second-order valence-electron chi connectivity index (χ2n) is 4.19. The first kappa shape index (κ1) is 11.8. The van der Waals surface area contributed by atoms with E-state index in [-0.39, 0.29) is 6.04 Å². The van der Waals surface area contributed by atoms with Crippen molar-refractivity contribution in [2.24, 2.45) is 5.84 Å². The third kappa shape index (κ3) is 2.35. The van der Waals surface area contributed by atoms with Gasteiger partial charge in [-0.2, -0.15) is 0 Å². The van der Waals surface area contributed by atoms with Gasteiger partial charge < -0.3 is 0 Å². The molecule has 0 aliphatic rings. The molecule has 2 rings (SSSR count). The van der Waals surface area contributed by atoms with Crippen molar-refractivity contribution in [3.8, 4) is 0 Å². The minimum absolute atomic E-state index is 0.00935. The molecule has 1 aromatic heterocycles. The molecule has 0 saturated carbocycles. The van der Waals surface area contributed by atoms with Crippen LogP contribution in [0.5, 0.6) is 0 Å². The molecular formula is C14H17N3. The summed E-state index contributed by atoms with van der Waals surface area (Å²) < 4.78 is 0. The standard InChI is InChI=1S/C14H17N3/c1-10-5-3-4-6-12(10)14(17-15)13-9-16-8-7-11(13)2/h3-9,14,17H,15H2,1-2H3. The first-order valence-corrected chi connectivity index (χ1v) is 5.66. The zero-order valence-electron chi connectivity index (χ0n) is 10.1. The van der Waals surface area contributed by atoms with Crippen molar-refractivity contribution < 1.29 is 0 Å². The van der Waals surface area contributed by atoms with Gasteiger partial charge in [0.15, 0.2) is 0 Å². The van der Waals surface area contributed by atoms with Gasteiger partial charge in [0.2, 0.25) is 0 Å². The summed E-state index contributed by atoms with van der Waals surface area (Å²) in [5, 5.41) is 0. The van der Waals surface area contributed by atoms with Gasteiger partial charge in [-0.15, -0.1) is 0 Å². The third-order valence-corrected chi connectivity index (χ3v) is 3.06. The van der Waals surface area contributed by atoms with Crippen LogP contribution in [-0.4, -0.2) is 4.98 Å². The number of nitrogens with one attached hydrogen (secondary N) is 1. The summed E-state index contributed by atoms with van der Waals surface area (Å²) >= 11 is 0. The van der Waals surface area contributed by atoms with Crippen molar-refractivity contribution in [1.29, 1.82) is 0 Å². The molecule has 0 aliphatic carbocycles. The van der Waals surface area contributed by atoms with Gasteiger partial charge in [0.1, 0.15) is 0 Å². The van der Waals surface area contributed by atoms with Crippen LogP contribution in [0.3, 0.4) is 0 Å². The molecule has 1 atom stereocenters. The van der Waals surface area contributed by atoms with Gasteiger partial charge in [0, 0.05) is 12.4 Å². The Kier molecular flexibility index (Phi) is 3.52. The summed E-state index contributed by atoms with van der Waals surface area (Å²) in [5.74, 6) is 5.70. The van der Waals surface area contributed by atoms with Gasteiger partial charge in [-0.1, -0.05) is 24.3 Å². The summed E-state index contributed by atoms with van der Waals surface area (Å²) in [5.41, 5.74) is 7.58. The molecule has 3 nitrogen and oxygen atoms in total. The van der Waals surface area contributed by atoms with Crippen LogP contribution in [0.1, 0.15) is 28.3 Å². The quantitative estimate of drug-likeness (QED) is 0.624. The van der Waals surface area contributed by atoms with Crippen molar-refractivity contribution in [3.05, 3.63) is 65.0 Å². The molecule has 0 radical (unpaired) electrons. The number of nitrogens with zero attached hydrogens (tertiary/aromatic N) is 1. The van der Waals surface area contributed by atoms with Crippen molar-refractivity contribution in [3.63, 3.8) is 0 Å². The van der Waals surface area contributed by atoms with Crippen LogP contribution in [0.4, 0.5) is 0 Å². The zero-order chi connectivity index (χ0) is 12.3.